The van der Waals surface area contributed by atoms with Crippen LogP contribution in [-0.2, 0) is 16.1 Å². The van der Waals surface area contributed by atoms with Crippen LogP contribution < -0.4 is 5.32 Å². The Bertz CT molecular complexity index is 769. The van der Waals surface area contributed by atoms with Gasteiger partial charge in [0.15, 0.2) is 0 Å². The van der Waals surface area contributed by atoms with Gasteiger partial charge in [-0.25, -0.2) is 4.79 Å². The highest BCUT2D eigenvalue weighted by atomic mass is 16.3. The summed E-state index contributed by atoms with van der Waals surface area (Å²) in [5, 5.41) is 2.89. The Morgan fingerprint density at radius 3 is 2.46 bits per heavy atom. The van der Waals surface area contributed by atoms with Crippen molar-refractivity contribution in [2.45, 2.75) is 65.5 Å². The zero-order valence-corrected chi connectivity index (χ0v) is 17.5. The Morgan fingerprint density at radius 2 is 1.93 bits per heavy atom. The van der Waals surface area contributed by atoms with Crippen LogP contribution in [-0.4, -0.2) is 46.8 Å². The molecule has 7 nitrogen and oxygen atoms in total. The largest absolute Gasteiger partial charge is 0.464 e. The van der Waals surface area contributed by atoms with Crippen molar-refractivity contribution in [3.8, 4) is 0 Å². The van der Waals surface area contributed by atoms with E-state index in [0.29, 0.717) is 31.1 Å². The summed E-state index contributed by atoms with van der Waals surface area (Å²) in [5.74, 6) is 1.42. The SMILES string of the molecule is Cc1ccc(CN(C)C(=O)CN2C(=O)NC3(CCC(C(C)(C)C)CC3)C2=O)o1. The first-order valence-electron chi connectivity index (χ1n) is 9.95. The number of amides is 4. The van der Waals surface area contributed by atoms with E-state index in [1.807, 2.05) is 19.1 Å². The first kappa shape index (κ1) is 20.4. The van der Waals surface area contributed by atoms with Gasteiger partial charge in [-0.3, -0.25) is 14.5 Å². The molecule has 1 aliphatic carbocycles. The Hall–Kier alpha value is -2.31. The first-order chi connectivity index (χ1) is 13.0. The predicted octanol–water partition coefficient (Wildman–Crippen LogP) is 3.07. The fourth-order valence-corrected chi connectivity index (χ4v) is 4.28. The molecule has 0 atom stereocenters. The molecule has 1 aromatic heterocycles. The maximum Gasteiger partial charge on any atom is 0.325 e. The van der Waals surface area contributed by atoms with Gasteiger partial charge in [0.2, 0.25) is 5.91 Å². The van der Waals surface area contributed by atoms with Gasteiger partial charge in [0, 0.05) is 7.05 Å². The first-order valence-corrected chi connectivity index (χ1v) is 9.95. The third-order valence-corrected chi connectivity index (χ3v) is 6.22. The molecule has 4 amide bonds. The molecule has 2 fully saturated rings. The Balaban J connectivity index is 1.61. The predicted molar refractivity (Wildman–Crippen MR) is 104 cm³/mol. The Morgan fingerprint density at radius 1 is 1.29 bits per heavy atom. The van der Waals surface area contributed by atoms with Crippen molar-refractivity contribution in [1.29, 1.82) is 0 Å². The quantitative estimate of drug-likeness (QED) is 0.802. The lowest BCUT2D eigenvalue weighted by atomic mass is 9.67. The number of furan rings is 1. The highest BCUT2D eigenvalue weighted by molar-refractivity contribution is 6.09. The average molecular weight is 389 g/mol. The highest BCUT2D eigenvalue weighted by Gasteiger charge is 2.53. The van der Waals surface area contributed by atoms with E-state index in [4.69, 9.17) is 4.42 Å². The van der Waals surface area contributed by atoms with Crippen LogP contribution in [0.5, 0.6) is 0 Å². The molecule has 0 bridgehead atoms. The molecule has 1 aliphatic heterocycles. The van der Waals surface area contributed by atoms with E-state index in [9.17, 15) is 14.4 Å². The lowest BCUT2D eigenvalue weighted by molar-refractivity contribution is -0.139. The molecule has 3 rings (SSSR count). The monoisotopic (exact) mass is 389 g/mol. The van der Waals surface area contributed by atoms with Gasteiger partial charge in [-0.1, -0.05) is 20.8 Å². The van der Waals surface area contributed by atoms with Crippen molar-refractivity contribution in [3.05, 3.63) is 23.7 Å². The van der Waals surface area contributed by atoms with Crippen molar-refractivity contribution in [2.24, 2.45) is 11.3 Å². The molecule has 1 aromatic rings. The minimum Gasteiger partial charge on any atom is -0.464 e. The zero-order chi connectivity index (χ0) is 20.7. The fraction of sp³-hybridized carbons (Fsp3) is 0.667. The summed E-state index contributed by atoms with van der Waals surface area (Å²) in [5.41, 5.74) is -0.647. The number of nitrogens with zero attached hydrogens (tertiary/aromatic N) is 2. The normalized spacial score (nSPS) is 25.3. The number of aryl methyl sites for hydroxylation is 1. The van der Waals surface area contributed by atoms with Crippen molar-refractivity contribution < 1.29 is 18.8 Å². The van der Waals surface area contributed by atoms with Crippen molar-refractivity contribution >= 4 is 17.8 Å². The van der Waals surface area contributed by atoms with Crippen LogP contribution in [0.4, 0.5) is 4.79 Å². The van der Waals surface area contributed by atoms with Crippen LogP contribution >= 0.6 is 0 Å². The lowest BCUT2D eigenvalue weighted by Gasteiger charge is -2.40. The van der Waals surface area contributed by atoms with Gasteiger partial charge in [0.25, 0.3) is 5.91 Å². The number of nitrogens with one attached hydrogen (secondary N) is 1. The molecule has 1 spiro atoms. The second-order valence-electron chi connectivity index (χ2n) is 9.31. The second-order valence-corrected chi connectivity index (χ2v) is 9.31. The van der Waals surface area contributed by atoms with Crippen LogP contribution in [0.3, 0.4) is 0 Å². The van der Waals surface area contributed by atoms with Crippen molar-refractivity contribution in [1.82, 2.24) is 15.1 Å². The molecule has 1 saturated carbocycles. The van der Waals surface area contributed by atoms with Gasteiger partial charge in [-0.05, 0) is 56.1 Å². The van der Waals surface area contributed by atoms with Gasteiger partial charge < -0.3 is 14.6 Å². The average Bonchev–Trinajstić information content (AvgIpc) is 3.11. The third kappa shape index (κ3) is 3.93. The molecule has 0 aromatic carbocycles. The summed E-state index contributed by atoms with van der Waals surface area (Å²) < 4.78 is 5.49. The van der Waals surface area contributed by atoms with E-state index in [1.165, 1.54) is 4.90 Å². The Kier molecular flexibility index (Phi) is 5.30. The summed E-state index contributed by atoms with van der Waals surface area (Å²) >= 11 is 0. The molecule has 0 unspecified atom stereocenters. The van der Waals surface area contributed by atoms with Gasteiger partial charge >= 0.3 is 6.03 Å². The van der Waals surface area contributed by atoms with Gasteiger partial charge in [0.05, 0.1) is 6.54 Å². The molecule has 2 aliphatic rings. The number of hydrogen-bond donors (Lipinski definition) is 1. The summed E-state index contributed by atoms with van der Waals surface area (Å²) in [6.45, 7) is 8.54. The van der Waals surface area contributed by atoms with Crippen LogP contribution in [0, 0.1) is 18.3 Å². The Labute approximate surface area is 166 Å². The van der Waals surface area contributed by atoms with Crippen LogP contribution in [0.15, 0.2) is 16.5 Å². The molecule has 1 N–H and O–H groups in total. The van der Waals surface area contributed by atoms with Crippen molar-refractivity contribution in [3.63, 3.8) is 0 Å². The van der Waals surface area contributed by atoms with E-state index in [2.05, 4.69) is 26.1 Å². The topological polar surface area (TPSA) is 82.9 Å². The van der Waals surface area contributed by atoms with E-state index in [0.717, 1.165) is 23.5 Å². The molecule has 0 radical (unpaired) electrons. The zero-order valence-electron chi connectivity index (χ0n) is 17.5. The minimum atomic E-state index is -0.837. The summed E-state index contributed by atoms with van der Waals surface area (Å²) in [6.07, 6.45) is 3.06. The fourth-order valence-electron chi connectivity index (χ4n) is 4.28. The summed E-state index contributed by atoms with van der Waals surface area (Å²) in [6, 6.07) is 3.19. The number of urea groups is 1. The molecule has 28 heavy (non-hydrogen) atoms. The minimum absolute atomic E-state index is 0.190. The molecular formula is C21H31N3O4. The number of carbonyl (C=O) groups excluding carboxylic acids is 3. The number of rotatable bonds is 4. The summed E-state index contributed by atoms with van der Waals surface area (Å²) in [4.78, 5) is 40.6. The maximum atomic E-state index is 13.0. The lowest BCUT2D eigenvalue weighted by Crippen LogP contribution is -2.51. The third-order valence-electron chi connectivity index (χ3n) is 6.22. The molecule has 154 valence electrons. The highest BCUT2D eigenvalue weighted by Crippen LogP contribution is 2.43. The molecule has 2 heterocycles. The van der Waals surface area contributed by atoms with E-state index in [1.54, 1.807) is 7.05 Å². The van der Waals surface area contributed by atoms with Crippen molar-refractivity contribution in [2.75, 3.05) is 13.6 Å². The van der Waals surface area contributed by atoms with E-state index >= 15 is 0 Å². The van der Waals surface area contributed by atoms with Crippen LogP contribution in [0.25, 0.3) is 0 Å². The standard InChI is InChI=1S/C21H31N3O4/c1-14-6-7-16(28-14)12-23(5)17(25)13-24-18(26)21(22-19(24)27)10-8-15(9-11-21)20(2,3)4/h6-7,15H,8-13H2,1-5H3,(H,22,27). The second kappa shape index (κ2) is 7.26. The number of hydrogen-bond acceptors (Lipinski definition) is 4. The number of likely N-dealkylation sites (N-methyl/N-ethyl adjacent to an activating group) is 1. The maximum absolute atomic E-state index is 13.0. The number of imide groups is 1. The van der Waals surface area contributed by atoms with Gasteiger partial charge in [-0.15, -0.1) is 0 Å². The van der Waals surface area contributed by atoms with E-state index < -0.39 is 11.6 Å². The van der Waals surface area contributed by atoms with Crippen LogP contribution in [0.1, 0.15) is 58.0 Å². The smallest absolute Gasteiger partial charge is 0.325 e. The van der Waals surface area contributed by atoms with Gasteiger partial charge in [-0.2, -0.15) is 0 Å². The number of carbonyl (C=O) groups is 3. The van der Waals surface area contributed by atoms with E-state index in [-0.39, 0.29) is 23.8 Å². The van der Waals surface area contributed by atoms with Gasteiger partial charge in [0.1, 0.15) is 23.6 Å². The molecule has 1 saturated heterocycles. The summed E-state index contributed by atoms with van der Waals surface area (Å²) in [7, 11) is 1.64. The molecular weight excluding hydrogens is 358 g/mol. The molecule has 7 heteroatoms. The van der Waals surface area contributed by atoms with Crippen LogP contribution in [0.2, 0.25) is 0 Å².